The van der Waals surface area contributed by atoms with Gasteiger partial charge in [0.2, 0.25) is 0 Å². The zero-order valence-corrected chi connectivity index (χ0v) is 9.58. The molecule has 1 fully saturated rings. The average molecular weight is 253 g/mol. The van der Waals surface area contributed by atoms with Crippen LogP contribution in [0.15, 0.2) is 0 Å². The molecule has 0 aromatic rings. The predicted octanol–water partition coefficient (Wildman–Crippen LogP) is 1.21. The maximum Gasteiger partial charge on any atom is 0.404 e. The van der Waals surface area contributed by atoms with Gasteiger partial charge in [-0.1, -0.05) is 0 Å². The molecule has 1 saturated carbocycles. The Morgan fingerprint density at radius 3 is 2.47 bits per heavy atom. The molecular weight excluding hydrogens is 236 g/mol. The number of carboxylic acid groups (broad SMARTS) is 1. The monoisotopic (exact) mass is 253 g/mol. The molecule has 100 valence electrons. The van der Waals surface area contributed by atoms with E-state index in [4.69, 9.17) is 5.11 Å². The highest BCUT2D eigenvalue weighted by atomic mass is 19.3. The lowest BCUT2D eigenvalue weighted by Gasteiger charge is -2.40. The van der Waals surface area contributed by atoms with Gasteiger partial charge in [-0.05, 0) is 25.7 Å². The van der Waals surface area contributed by atoms with Crippen LogP contribution in [0.25, 0.3) is 0 Å². The van der Waals surface area contributed by atoms with Crippen molar-refractivity contribution in [3.63, 3.8) is 0 Å². The van der Waals surface area contributed by atoms with E-state index in [1.165, 1.54) is 0 Å². The first-order valence-corrected chi connectivity index (χ1v) is 5.39. The van der Waals surface area contributed by atoms with Crippen LogP contribution >= 0.6 is 0 Å². The van der Waals surface area contributed by atoms with Gasteiger partial charge in [0, 0.05) is 13.2 Å². The molecule has 3 N–H and O–H groups in total. The van der Waals surface area contributed by atoms with Crippen molar-refractivity contribution in [1.29, 1.82) is 0 Å². The highest BCUT2D eigenvalue weighted by Gasteiger charge is 2.53. The summed E-state index contributed by atoms with van der Waals surface area (Å²) in [5, 5.41) is 20.6. The number of nitrogens with one attached hydrogen (secondary N) is 1. The van der Waals surface area contributed by atoms with E-state index < -0.39 is 24.2 Å². The Balaban J connectivity index is 2.57. The topological polar surface area (TPSA) is 78.8 Å². The highest BCUT2D eigenvalue weighted by Crippen LogP contribution is 2.40. The minimum Gasteiger partial charge on any atom is -0.465 e. The summed E-state index contributed by atoms with van der Waals surface area (Å²) in [7, 11) is 1.15. The molecule has 0 saturated heterocycles. The Morgan fingerprint density at radius 2 is 2.06 bits per heavy atom. The minimum absolute atomic E-state index is 0.145. The Bertz CT molecular complexity index is 277. The van der Waals surface area contributed by atoms with Crippen LogP contribution in [0.4, 0.5) is 13.6 Å². The zero-order chi connectivity index (χ0) is 13.1. The molecule has 1 aliphatic rings. The molecule has 0 aromatic carbocycles. The van der Waals surface area contributed by atoms with Crippen molar-refractivity contribution in [3.05, 3.63) is 0 Å². The number of hydrogen-bond acceptors (Lipinski definition) is 3. The molecule has 1 amide bonds. The number of aliphatic hydroxyl groups is 1. The quantitative estimate of drug-likeness (QED) is 0.703. The maximum absolute atomic E-state index is 13.6. The van der Waals surface area contributed by atoms with Gasteiger partial charge in [0.05, 0.1) is 0 Å². The molecule has 17 heavy (non-hydrogen) atoms. The second-order valence-electron chi connectivity index (χ2n) is 4.39. The van der Waals surface area contributed by atoms with E-state index in [1.807, 2.05) is 0 Å². The lowest BCUT2D eigenvalue weighted by Crippen LogP contribution is -2.55. The number of ether oxygens (including phenoxy) is 1. The van der Waals surface area contributed by atoms with Gasteiger partial charge in [-0.25, -0.2) is 13.6 Å². The summed E-state index contributed by atoms with van der Waals surface area (Å²) in [6.07, 6.45) is -1.07. The Kier molecular flexibility index (Phi) is 4.26. The first-order valence-electron chi connectivity index (χ1n) is 5.39. The van der Waals surface area contributed by atoms with E-state index in [1.54, 1.807) is 0 Å². The summed E-state index contributed by atoms with van der Waals surface area (Å²) in [6, 6.07) is -0.369. The summed E-state index contributed by atoms with van der Waals surface area (Å²) >= 11 is 0. The van der Waals surface area contributed by atoms with Gasteiger partial charge in [-0.15, -0.1) is 0 Å². The molecule has 0 atom stereocenters. The van der Waals surface area contributed by atoms with E-state index in [2.05, 4.69) is 10.1 Å². The standard InChI is InChI=1S/C10H17F2NO4/c1-17-6-10(11,12)9(16)4-2-7(3-5-9)13-8(14)15/h7,13,16H,2-6H2,1H3,(H,14,15). The third-order valence-corrected chi connectivity index (χ3v) is 3.15. The molecule has 0 bridgehead atoms. The summed E-state index contributed by atoms with van der Waals surface area (Å²) in [4.78, 5) is 10.4. The molecule has 0 aromatic heterocycles. The third kappa shape index (κ3) is 3.26. The van der Waals surface area contributed by atoms with Gasteiger partial charge in [-0.3, -0.25) is 0 Å². The number of rotatable bonds is 4. The predicted molar refractivity (Wildman–Crippen MR) is 55.2 cm³/mol. The lowest BCUT2D eigenvalue weighted by molar-refractivity contribution is -0.217. The molecule has 5 nitrogen and oxygen atoms in total. The molecular formula is C10H17F2NO4. The Morgan fingerprint density at radius 1 is 1.53 bits per heavy atom. The molecule has 0 radical (unpaired) electrons. The number of hydrogen-bond donors (Lipinski definition) is 3. The van der Waals surface area contributed by atoms with E-state index in [0.29, 0.717) is 0 Å². The lowest BCUT2D eigenvalue weighted by atomic mass is 9.78. The first kappa shape index (κ1) is 14.1. The van der Waals surface area contributed by atoms with Gasteiger partial charge < -0.3 is 20.3 Å². The van der Waals surface area contributed by atoms with E-state index in [9.17, 15) is 18.7 Å². The minimum atomic E-state index is -3.31. The smallest absolute Gasteiger partial charge is 0.404 e. The third-order valence-electron chi connectivity index (χ3n) is 3.15. The maximum atomic E-state index is 13.6. The number of carbonyl (C=O) groups is 1. The second-order valence-corrected chi connectivity index (χ2v) is 4.39. The molecule has 0 spiro atoms. The summed E-state index contributed by atoms with van der Waals surface area (Å²) in [6.45, 7) is -0.833. The van der Waals surface area contributed by atoms with Crippen LogP contribution in [0.2, 0.25) is 0 Å². The van der Waals surface area contributed by atoms with E-state index >= 15 is 0 Å². The summed E-state index contributed by atoms with van der Waals surface area (Å²) in [5.74, 6) is -3.31. The van der Waals surface area contributed by atoms with Crippen LogP contribution in [0.5, 0.6) is 0 Å². The molecule has 1 rings (SSSR count). The van der Waals surface area contributed by atoms with Crippen molar-refractivity contribution in [2.45, 2.75) is 43.2 Å². The number of methoxy groups -OCH3 is 1. The fourth-order valence-corrected chi connectivity index (χ4v) is 2.10. The van der Waals surface area contributed by atoms with Crippen LogP contribution in [0.3, 0.4) is 0 Å². The summed E-state index contributed by atoms with van der Waals surface area (Å²) < 4.78 is 31.5. The highest BCUT2D eigenvalue weighted by molar-refractivity contribution is 5.64. The van der Waals surface area contributed by atoms with E-state index in [0.717, 1.165) is 7.11 Å². The van der Waals surface area contributed by atoms with Gasteiger partial charge in [0.25, 0.3) is 5.92 Å². The first-order chi connectivity index (χ1) is 7.81. The largest absolute Gasteiger partial charge is 0.465 e. The van der Waals surface area contributed by atoms with Crippen molar-refractivity contribution >= 4 is 6.09 Å². The van der Waals surface area contributed by atoms with Gasteiger partial charge in [-0.2, -0.15) is 0 Å². The van der Waals surface area contributed by atoms with Crippen LogP contribution in [0.1, 0.15) is 25.7 Å². The van der Waals surface area contributed by atoms with Crippen LogP contribution < -0.4 is 5.32 Å². The second kappa shape index (κ2) is 5.14. The zero-order valence-electron chi connectivity index (χ0n) is 9.58. The van der Waals surface area contributed by atoms with Crippen LogP contribution in [-0.2, 0) is 4.74 Å². The fourth-order valence-electron chi connectivity index (χ4n) is 2.10. The molecule has 0 unspecified atom stereocenters. The summed E-state index contributed by atoms with van der Waals surface area (Å²) in [5.41, 5.74) is -2.10. The van der Waals surface area contributed by atoms with Crippen LogP contribution in [0, 0.1) is 0 Å². The molecule has 0 aliphatic heterocycles. The van der Waals surface area contributed by atoms with Gasteiger partial charge >= 0.3 is 6.09 Å². The van der Waals surface area contributed by atoms with Gasteiger partial charge in [0.15, 0.2) is 0 Å². The van der Waals surface area contributed by atoms with Crippen LogP contribution in [-0.4, -0.2) is 47.6 Å². The molecule has 0 heterocycles. The normalized spacial score (nSPS) is 30.0. The number of alkyl halides is 2. The van der Waals surface area contributed by atoms with Crippen molar-refractivity contribution in [1.82, 2.24) is 5.32 Å². The number of halogens is 2. The molecule has 1 aliphatic carbocycles. The average Bonchev–Trinajstić information content (AvgIpc) is 2.21. The van der Waals surface area contributed by atoms with Crippen molar-refractivity contribution in [2.24, 2.45) is 0 Å². The number of amides is 1. The van der Waals surface area contributed by atoms with Crippen molar-refractivity contribution in [3.8, 4) is 0 Å². The SMILES string of the molecule is COCC(F)(F)C1(O)CCC(NC(=O)O)CC1. The Labute approximate surface area is 97.8 Å². The van der Waals surface area contributed by atoms with Gasteiger partial charge in [0.1, 0.15) is 12.2 Å². The van der Waals surface area contributed by atoms with E-state index in [-0.39, 0.29) is 31.7 Å². The Hall–Kier alpha value is -0.950. The molecule has 7 heteroatoms. The fraction of sp³-hybridized carbons (Fsp3) is 0.900. The van der Waals surface area contributed by atoms with Crippen molar-refractivity contribution < 1.29 is 28.5 Å². The van der Waals surface area contributed by atoms with Crippen molar-refractivity contribution in [2.75, 3.05) is 13.7 Å².